The molecule has 0 fully saturated rings. The molecule has 0 saturated carbocycles. The van der Waals surface area contributed by atoms with Gasteiger partial charge in [0.25, 0.3) is 5.91 Å². The number of ether oxygens (including phenoxy) is 1. The number of carboxylic acids is 1. The molecule has 33 heavy (non-hydrogen) atoms. The molecule has 0 saturated heterocycles. The van der Waals surface area contributed by atoms with Gasteiger partial charge in [0.2, 0.25) is 0 Å². The quantitative estimate of drug-likeness (QED) is 0.382. The summed E-state index contributed by atoms with van der Waals surface area (Å²) in [6, 6.07) is 18.8. The zero-order valence-corrected chi connectivity index (χ0v) is 20.9. The molecule has 6 nitrogen and oxygen atoms in total. The molecule has 0 atom stereocenters. The Morgan fingerprint density at radius 3 is 2.58 bits per heavy atom. The second-order valence-electron chi connectivity index (χ2n) is 7.69. The summed E-state index contributed by atoms with van der Waals surface area (Å²) >= 11 is 0. The van der Waals surface area contributed by atoms with Crippen LogP contribution in [-0.2, 0) is 17.8 Å². The van der Waals surface area contributed by atoms with E-state index in [4.69, 9.17) is 9.15 Å². The van der Waals surface area contributed by atoms with Crippen LogP contribution in [0, 0.1) is 0 Å². The molecule has 1 amide bonds. The first kappa shape index (κ1) is 24.8. The minimum absolute atomic E-state index is 0. The third-order valence-corrected chi connectivity index (χ3v) is 5.34. The molecule has 164 valence electrons. The van der Waals surface area contributed by atoms with Gasteiger partial charge in [-0.1, -0.05) is 49.7 Å². The number of fused-ring (bicyclic) bond motifs is 2. The first-order valence-electron chi connectivity index (χ1n) is 10.7. The van der Waals surface area contributed by atoms with Gasteiger partial charge in [-0.25, -0.2) is 0 Å². The Morgan fingerprint density at radius 1 is 1.03 bits per heavy atom. The third kappa shape index (κ3) is 5.96. The van der Waals surface area contributed by atoms with Gasteiger partial charge in [-0.05, 0) is 47.0 Å². The molecule has 0 aliphatic carbocycles. The number of para-hydroxylation sites is 1. The molecule has 0 bridgehead atoms. The van der Waals surface area contributed by atoms with E-state index in [1.165, 1.54) is 0 Å². The number of carbonyl (C=O) groups excluding carboxylic acids is 2. The van der Waals surface area contributed by atoms with E-state index in [2.05, 4.69) is 12.2 Å². The molecule has 7 heteroatoms. The molecule has 1 N–H and O–H groups in total. The number of amides is 1. The van der Waals surface area contributed by atoms with Crippen molar-refractivity contribution in [2.45, 2.75) is 32.7 Å². The first-order chi connectivity index (χ1) is 15.5. The van der Waals surface area contributed by atoms with E-state index in [0.717, 1.165) is 52.3 Å². The number of hydrogen-bond donors (Lipinski definition) is 1. The van der Waals surface area contributed by atoms with Crippen LogP contribution in [0.4, 0.5) is 0 Å². The number of benzene rings is 3. The van der Waals surface area contributed by atoms with Crippen molar-refractivity contribution in [2.24, 2.45) is 0 Å². The van der Waals surface area contributed by atoms with Crippen molar-refractivity contribution in [3.05, 3.63) is 77.6 Å². The maximum atomic E-state index is 13.1. The van der Waals surface area contributed by atoms with Gasteiger partial charge in [-0.2, -0.15) is 0 Å². The minimum atomic E-state index is -1.26. The fourth-order valence-corrected chi connectivity index (χ4v) is 3.74. The van der Waals surface area contributed by atoms with E-state index in [-0.39, 0.29) is 35.5 Å². The number of furan rings is 1. The van der Waals surface area contributed by atoms with Gasteiger partial charge in [0.05, 0.1) is 11.5 Å². The van der Waals surface area contributed by atoms with Crippen molar-refractivity contribution in [2.75, 3.05) is 6.61 Å². The van der Waals surface area contributed by atoms with Crippen molar-refractivity contribution in [1.82, 2.24) is 5.32 Å². The zero-order valence-electron chi connectivity index (χ0n) is 18.9. The van der Waals surface area contributed by atoms with E-state index in [1.54, 1.807) is 12.1 Å². The van der Waals surface area contributed by atoms with Gasteiger partial charge in [-0.3, -0.25) is 4.79 Å². The summed E-state index contributed by atoms with van der Waals surface area (Å²) < 4.78 is 11.1. The van der Waals surface area contributed by atoms with E-state index < -0.39 is 12.6 Å². The van der Waals surface area contributed by atoms with Crippen LogP contribution in [0.5, 0.6) is 5.75 Å². The van der Waals surface area contributed by atoms with Crippen LogP contribution in [0.2, 0.25) is 0 Å². The van der Waals surface area contributed by atoms with E-state index >= 15 is 0 Å². The maximum absolute atomic E-state index is 13.1. The number of rotatable bonds is 9. The van der Waals surface area contributed by atoms with Gasteiger partial charge >= 0.3 is 29.6 Å². The monoisotopic (exact) mass is 453 g/mol. The van der Waals surface area contributed by atoms with E-state index in [0.29, 0.717) is 17.9 Å². The Bertz CT molecular complexity index is 1280. The summed E-state index contributed by atoms with van der Waals surface area (Å²) in [6.45, 7) is 2.00. The fraction of sp³-hybridized carbons (Fsp3) is 0.231. The molecule has 4 rings (SSSR count). The fourth-order valence-electron chi connectivity index (χ4n) is 3.74. The van der Waals surface area contributed by atoms with Crippen LogP contribution in [0.3, 0.4) is 0 Å². The van der Waals surface area contributed by atoms with Crippen molar-refractivity contribution < 1.29 is 53.4 Å². The second-order valence-corrected chi connectivity index (χ2v) is 7.69. The van der Waals surface area contributed by atoms with Crippen LogP contribution in [0.15, 0.2) is 65.1 Å². The van der Waals surface area contributed by atoms with E-state index in [9.17, 15) is 14.7 Å². The smallest absolute Gasteiger partial charge is 0.546 e. The largest absolute Gasteiger partial charge is 1.00 e. The third-order valence-electron chi connectivity index (χ3n) is 5.34. The van der Waals surface area contributed by atoms with Crippen molar-refractivity contribution >= 4 is 33.6 Å². The molecular formula is C26H24NNaO5. The first-order valence-corrected chi connectivity index (χ1v) is 10.7. The summed E-state index contributed by atoms with van der Waals surface area (Å²) in [5.41, 5.74) is 2.30. The number of unbranched alkanes of at least 4 members (excludes halogenated alkanes) is 1. The number of aliphatic carboxylic acids is 1. The molecule has 0 aliphatic rings. The number of hydrogen-bond acceptors (Lipinski definition) is 5. The summed E-state index contributed by atoms with van der Waals surface area (Å²) in [6.07, 6.45) is 2.71. The second kappa shape index (κ2) is 11.4. The molecule has 3 aromatic carbocycles. The van der Waals surface area contributed by atoms with Crippen LogP contribution in [0.1, 0.15) is 41.4 Å². The molecule has 1 heterocycles. The van der Waals surface area contributed by atoms with E-state index in [1.807, 2.05) is 48.5 Å². The van der Waals surface area contributed by atoms with Crippen molar-refractivity contribution in [3.8, 4) is 5.75 Å². The molecule has 0 aliphatic heterocycles. The van der Waals surface area contributed by atoms with Gasteiger partial charge < -0.3 is 24.4 Å². The van der Waals surface area contributed by atoms with Crippen LogP contribution in [-0.4, -0.2) is 18.5 Å². The average molecular weight is 453 g/mol. The summed E-state index contributed by atoms with van der Waals surface area (Å²) in [7, 11) is 0. The molecule has 0 radical (unpaired) electrons. The molecule has 1 aromatic heterocycles. The maximum Gasteiger partial charge on any atom is 1.00 e. The van der Waals surface area contributed by atoms with Crippen LogP contribution in [0.25, 0.3) is 21.7 Å². The number of aryl methyl sites for hydroxylation is 1. The molecule has 4 aromatic rings. The normalized spacial score (nSPS) is 10.7. The predicted octanol–water partition coefficient (Wildman–Crippen LogP) is 0.991. The Labute approximate surface area is 214 Å². The van der Waals surface area contributed by atoms with Crippen LogP contribution < -0.4 is 44.7 Å². The number of nitrogens with one attached hydrogen (secondary N) is 1. The Hall–Kier alpha value is -2.80. The Kier molecular flexibility index (Phi) is 8.55. The topological polar surface area (TPSA) is 91.6 Å². The SMILES string of the molecule is CCCCc1oc2ccccc2c1C(=O)NCc1ccc2cc(OCC(=O)[O-])ccc2c1.[Na+]. The minimum Gasteiger partial charge on any atom is -0.546 e. The van der Waals surface area contributed by atoms with Gasteiger partial charge in [0.15, 0.2) is 0 Å². The molecular weight excluding hydrogens is 429 g/mol. The standard InChI is InChI=1S/C26H25NO5.Na/c1-2-3-7-23-25(21-6-4-5-8-22(21)32-23)26(30)27-15-17-9-10-19-14-20(31-16-24(28)29)12-11-18(19)13-17;/h4-6,8-14H,2-3,7,15-16H2,1H3,(H,27,30)(H,28,29);/q;+1/p-1. The number of carbonyl (C=O) groups is 2. The Balaban J connectivity index is 0.00000306. The van der Waals surface area contributed by atoms with Crippen LogP contribution >= 0.6 is 0 Å². The van der Waals surface area contributed by atoms with Gasteiger partial charge in [0, 0.05) is 18.4 Å². The molecule has 0 spiro atoms. The summed E-state index contributed by atoms with van der Waals surface area (Å²) in [5, 5.41) is 16.3. The van der Waals surface area contributed by atoms with Gasteiger partial charge in [0.1, 0.15) is 23.7 Å². The van der Waals surface area contributed by atoms with Crippen molar-refractivity contribution in [3.63, 3.8) is 0 Å². The predicted molar refractivity (Wildman–Crippen MR) is 120 cm³/mol. The average Bonchev–Trinajstić information content (AvgIpc) is 3.18. The molecule has 0 unspecified atom stereocenters. The summed E-state index contributed by atoms with van der Waals surface area (Å²) in [5.74, 6) is -0.214. The zero-order chi connectivity index (χ0) is 22.5. The van der Waals surface area contributed by atoms with Crippen molar-refractivity contribution in [1.29, 1.82) is 0 Å². The Morgan fingerprint density at radius 2 is 1.79 bits per heavy atom. The number of carboxylic acid groups (broad SMARTS) is 1. The summed E-state index contributed by atoms with van der Waals surface area (Å²) in [4.78, 5) is 23.6. The van der Waals surface area contributed by atoms with Gasteiger partial charge in [-0.15, -0.1) is 0 Å².